The first kappa shape index (κ1) is 16.7. The summed E-state index contributed by atoms with van der Waals surface area (Å²) in [4.78, 5) is 4.36. The summed E-state index contributed by atoms with van der Waals surface area (Å²) in [5, 5.41) is 24.0. The highest BCUT2D eigenvalue weighted by Gasteiger charge is 2.04. The number of aromatic nitrogens is 3. The summed E-state index contributed by atoms with van der Waals surface area (Å²) in [7, 11) is 0. The minimum Gasteiger partial charge on any atom is -0.353 e. The largest absolute Gasteiger partial charge is 0.353 e. The van der Waals surface area contributed by atoms with Gasteiger partial charge in [-0.1, -0.05) is 35.9 Å². The Bertz CT molecular complexity index is 906. The average molecular weight is 351 g/mol. The highest BCUT2D eigenvalue weighted by Crippen LogP contribution is 2.18. The highest BCUT2D eigenvalue weighted by molar-refractivity contribution is 6.30. The van der Waals surface area contributed by atoms with E-state index >= 15 is 0 Å². The van der Waals surface area contributed by atoms with Crippen LogP contribution in [0.5, 0.6) is 0 Å². The number of hydrogen-bond donors (Lipinski definition) is 2. The van der Waals surface area contributed by atoms with Gasteiger partial charge in [-0.15, -0.1) is 5.10 Å². The van der Waals surface area contributed by atoms with Gasteiger partial charge in [0.2, 0.25) is 5.95 Å². The number of nitriles is 1. The van der Waals surface area contributed by atoms with Crippen LogP contribution in [0.15, 0.2) is 54.7 Å². The summed E-state index contributed by atoms with van der Waals surface area (Å²) < 4.78 is 0. The zero-order chi connectivity index (χ0) is 17.5. The standard InChI is InChI=1S/C18H15ClN6/c19-15-6-3-4-13(10-15)8-9-21-18-24-17(12-22-25-18)23-16-7-2-1-5-14(16)11-20/h1-7,10,12H,8-9H2,(H2,21,23,24,25). The second kappa shape index (κ2) is 8.08. The van der Waals surface area contributed by atoms with Crippen molar-refractivity contribution in [1.29, 1.82) is 5.26 Å². The van der Waals surface area contributed by atoms with Gasteiger partial charge in [0.15, 0.2) is 5.82 Å². The molecule has 6 nitrogen and oxygen atoms in total. The van der Waals surface area contributed by atoms with E-state index in [0.29, 0.717) is 29.6 Å². The van der Waals surface area contributed by atoms with E-state index in [4.69, 9.17) is 16.9 Å². The molecule has 1 aromatic heterocycles. The molecule has 0 unspecified atom stereocenters. The molecule has 0 bridgehead atoms. The molecule has 0 aliphatic heterocycles. The van der Waals surface area contributed by atoms with Crippen LogP contribution < -0.4 is 10.6 Å². The topological polar surface area (TPSA) is 86.5 Å². The summed E-state index contributed by atoms with van der Waals surface area (Å²) in [6, 6.07) is 17.1. The Morgan fingerprint density at radius 1 is 1.12 bits per heavy atom. The van der Waals surface area contributed by atoms with Crippen molar-refractivity contribution in [3.63, 3.8) is 0 Å². The molecular formula is C18H15ClN6. The number of nitrogens with one attached hydrogen (secondary N) is 2. The van der Waals surface area contributed by atoms with Gasteiger partial charge in [-0.05, 0) is 36.2 Å². The Labute approximate surface area is 150 Å². The van der Waals surface area contributed by atoms with Gasteiger partial charge in [0.05, 0.1) is 17.4 Å². The van der Waals surface area contributed by atoms with E-state index in [9.17, 15) is 0 Å². The van der Waals surface area contributed by atoms with Gasteiger partial charge in [-0.3, -0.25) is 0 Å². The van der Waals surface area contributed by atoms with Gasteiger partial charge in [0.1, 0.15) is 6.07 Å². The molecule has 1 heterocycles. The van der Waals surface area contributed by atoms with E-state index in [1.165, 1.54) is 6.20 Å². The predicted molar refractivity (Wildman–Crippen MR) is 97.9 cm³/mol. The van der Waals surface area contributed by atoms with E-state index in [0.717, 1.165) is 17.0 Å². The SMILES string of the molecule is N#Cc1ccccc1Nc1cnnc(NCCc2cccc(Cl)c2)n1. The van der Waals surface area contributed by atoms with Crippen molar-refractivity contribution >= 4 is 29.1 Å². The van der Waals surface area contributed by atoms with Gasteiger partial charge in [-0.2, -0.15) is 15.3 Å². The lowest BCUT2D eigenvalue weighted by Crippen LogP contribution is -2.09. The number of benzene rings is 2. The summed E-state index contributed by atoms with van der Waals surface area (Å²) >= 11 is 5.98. The average Bonchev–Trinajstić information content (AvgIpc) is 2.63. The molecular weight excluding hydrogens is 336 g/mol. The van der Waals surface area contributed by atoms with Crippen LogP contribution >= 0.6 is 11.6 Å². The molecule has 2 aromatic carbocycles. The smallest absolute Gasteiger partial charge is 0.244 e. The van der Waals surface area contributed by atoms with Crippen molar-refractivity contribution in [3.05, 3.63) is 70.9 Å². The highest BCUT2D eigenvalue weighted by atomic mass is 35.5. The van der Waals surface area contributed by atoms with Gasteiger partial charge in [0, 0.05) is 11.6 Å². The first-order chi connectivity index (χ1) is 12.2. The van der Waals surface area contributed by atoms with Crippen molar-refractivity contribution in [2.24, 2.45) is 0 Å². The van der Waals surface area contributed by atoms with Gasteiger partial charge < -0.3 is 10.6 Å². The number of para-hydroxylation sites is 1. The first-order valence-corrected chi connectivity index (χ1v) is 8.06. The van der Waals surface area contributed by atoms with Crippen LogP contribution in [-0.4, -0.2) is 21.7 Å². The van der Waals surface area contributed by atoms with Crippen LogP contribution in [0.3, 0.4) is 0 Å². The first-order valence-electron chi connectivity index (χ1n) is 7.69. The third-order valence-electron chi connectivity index (χ3n) is 3.45. The zero-order valence-electron chi connectivity index (χ0n) is 13.3. The molecule has 0 aliphatic carbocycles. The summed E-state index contributed by atoms with van der Waals surface area (Å²) in [5.41, 5.74) is 2.34. The normalized spacial score (nSPS) is 10.1. The van der Waals surface area contributed by atoms with Gasteiger partial charge in [0.25, 0.3) is 0 Å². The van der Waals surface area contributed by atoms with Gasteiger partial charge >= 0.3 is 0 Å². The van der Waals surface area contributed by atoms with E-state index in [1.807, 2.05) is 42.5 Å². The van der Waals surface area contributed by atoms with Crippen LogP contribution in [0, 0.1) is 11.3 Å². The molecule has 3 rings (SSSR count). The fourth-order valence-corrected chi connectivity index (χ4v) is 2.49. The third kappa shape index (κ3) is 4.66. The van der Waals surface area contributed by atoms with Crippen LogP contribution in [-0.2, 0) is 6.42 Å². The van der Waals surface area contributed by atoms with E-state index in [-0.39, 0.29) is 0 Å². The van der Waals surface area contributed by atoms with Crippen molar-refractivity contribution in [2.75, 3.05) is 17.2 Å². The fraction of sp³-hybridized carbons (Fsp3) is 0.111. The molecule has 2 N–H and O–H groups in total. The maximum atomic E-state index is 9.13. The lowest BCUT2D eigenvalue weighted by Gasteiger charge is -2.08. The molecule has 0 saturated heterocycles. The summed E-state index contributed by atoms with van der Waals surface area (Å²) in [6.07, 6.45) is 2.30. The fourth-order valence-electron chi connectivity index (χ4n) is 2.28. The minimum atomic E-state index is 0.418. The van der Waals surface area contributed by atoms with Crippen LogP contribution in [0.1, 0.15) is 11.1 Å². The second-order valence-corrected chi connectivity index (χ2v) is 5.69. The van der Waals surface area contributed by atoms with Crippen LogP contribution in [0.25, 0.3) is 0 Å². The molecule has 0 atom stereocenters. The Morgan fingerprint density at radius 3 is 2.84 bits per heavy atom. The third-order valence-corrected chi connectivity index (χ3v) is 3.69. The maximum Gasteiger partial charge on any atom is 0.244 e. The van der Waals surface area contributed by atoms with Crippen molar-refractivity contribution < 1.29 is 0 Å². The Hall–Kier alpha value is -3.17. The van der Waals surface area contributed by atoms with E-state index in [1.54, 1.807) is 6.07 Å². The molecule has 0 spiro atoms. The quantitative estimate of drug-likeness (QED) is 0.703. The maximum absolute atomic E-state index is 9.13. The lowest BCUT2D eigenvalue weighted by atomic mass is 10.1. The molecule has 124 valence electrons. The minimum absolute atomic E-state index is 0.418. The molecule has 0 saturated carbocycles. The van der Waals surface area contributed by atoms with Crippen molar-refractivity contribution in [3.8, 4) is 6.07 Å². The molecule has 25 heavy (non-hydrogen) atoms. The van der Waals surface area contributed by atoms with Crippen molar-refractivity contribution in [1.82, 2.24) is 15.2 Å². The van der Waals surface area contributed by atoms with Crippen molar-refractivity contribution in [2.45, 2.75) is 6.42 Å². The number of nitrogens with zero attached hydrogens (tertiary/aromatic N) is 4. The molecule has 0 aliphatic rings. The summed E-state index contributed by atoms with van der Waals surface area (Å²) in [5.74, 6) is 0.935. The number of rotatable bonds is 6. The molecule has 3 aromatic rings. The predicted octanol–water partition coefficient (Wildman–Crippen LogP) is 3.79. The Balaban J connectivity index is 1.62. The Kier molecular flexibility index (Phi) is 5.39. The van der Waals surface area contributed by atoms with E-state index < -0.39 is 0 Å². The number of hydrogen-bond acceptors (Lipinski definition) is 6. The van der Waals surface area contributed by atoms with E-state index in [2.05, 4.69) is 31.9 Å². The molecule has 0 amide bonds. The monoisotopic (exact) mass is 350 g/mol. The molecule has 0 radical (unpaired) electrons. The molecule has 0 fully saturated rings. The second-order valence-electron chi connectivity index (χ2n) is 5.25. The lowest BCUT2D eigenvalue weighted by molar-refractivity contribution is 0.929. The Morgan fingerprint density at radius 2 is 2.00 bits per heavy atom. The van der Waals surface area contributed by atoms with Crippen LogP contribution in [0.4, 0.5) is 17.5 Å². The van der Waals surface area contributed by atoms with Gasteiger partial charge in [-0.25, -0.2) is 0 Å². The summed E-state index contributed by atoms with van der Waals surface area (Å²) in [6.45, 7) is 0.653. The zero-order valence-corrected chi connectivity index (χ0v) is 14.0. The number of anilines is 3. The van der Waals surface area contributed by atoms with Crippen LogP contribution in [0.2, 0.25) is 5.02 Å². The molecule has 7 heteroatoms. The number of halogens is 1.